The van der Waals surface area contributed by atoms with Gasteiger partial charge >= 0.3 is 6.03 Å². The molecule has 2 rings (SSSR count). The second kappa shape index (κ2) is 4.34. The van der Waals surface area contributed by atoms with Gasteiger partial charge in [0.1, 0.15) is 10.8 Å². The fraction of sp³-hybridized carbons (Fsp3) is 0.143. The van der Waals surface area contributed by atoms with Gasteiger partial charge in [-0.2, -0.15) is 0 Å². The van der Waals surface area contributed by atoms with Gasteiger partial charge in [0.2, 0.25) is 5.91 Å². The molecule has 0 saturated carbocycles. The molecule has 0 aliphatic carbocycles. The van der Waals surface area contributed by atoms with E-state index in [1.807, 2.05) is 5.32 Å². The Morgan fingerprint density at radius 1 is 1.35 bits per heavy atom. The number of hydrogen-bond donors (Lipinski definition) is 1. The Morgan fingerprint density at radius 2 is 2.00 bits per heavy atom. The van der Waals surface area contributed by atoms with Crippen molar-refractivity contribution in [1.82, 2.24) is 9.62 Å². The van der Waals surface area contributed by atoms with Gasteiger partial charge in [-0.1, -0.05) is 0 Å². The topological polar surface area (TPSA) is 83.6 Å². The van der Waals surface area contributed by atoms with Crippen LogP contribution in [0, 0.1) is 0 Å². The van der Waals surface area contributed by atoms with Crippen LogP contribution < -0.4 is 5.32 Å². The van der Waals surface area contributed by atoms with Crippen molar-refractivity contribution in [2.24, 2.45) is 0 Å². The van der Waals surface area contributed by atoms with E-state index in [9.17, 15) is 18.0 Å². The van der Waals surface area contributed by atoms with Crippen LogP contribution in [-0.2, 0) is 14.8 Å². The summed E-state index contributed by atoms with van der Waals surface area (Å²) in [7, 11) is -3.96. The normalized spacial score (nSPS) is 16.5. The lowest BCUT2D eigenvalue weighted by Crippen LogP contribution is -2.33. The van der Waals surface area contributed by atoms with Gasteiger partial charge < -0.3 is 0 Å². The molecule has 2 heterocycles. The number of nitrogens with zero attached hydrogens (tertiary/aromatic N) is 1. The van der Waals surface area contributed by atoms with E-state index in [-0.39, 0.29) is 4.21 Å². The maximum Gasteiger partial charge on any atom is 0.338 e. The van der Waals surface area contributed by atoms with Gasteiger partial charge in [0.15, 0.2) is 0 Å². The molecule has 0 unspecified atom stereocenters. The predicted molar refractivity (Wildman–Crippen MR) is 67.1 cm³/mol. The number of nitrogens with one attached hydrogen (secondary N) is 1. The van der Waals surface area contributed by atoms with E-state index in [1.54, 1.807) is 0 Å². The maximum absolute atomic E-state index is 12.0. The van der Waals surface area contributed by atoms with Crippen molar-refractivity contribution in [2.75, 3.05) is 6.54 Å². The molecule has 92 valence electrons. The molecule has 1 N–H and O–H groups in total. The summed E-state index contributed by atoms with van der Waals surface area (Å²) in [6.07, 6.45) is 0. The molecule has 0 atom stereocenters. The van der Waals surface area contributed by atoms with Gasteiger partial charge in [-0.3, -0.25) is 10.1 Å². The number of carbonyl (C=O) groups is 2. The Bertz CT molecular complexity index is 590. The van der Waals surface area contributed by atoms with Gasteiger partial charge in [0.05, 0.1) is 3.79 Å². The van der Waals surface area contributed by atoms with E-state index in [4.69, 9.17) is 0 Å². The lowest BCUT2D eigenvalue weighted by atomic mass is 10.7. The summed E-state index contributed by atoms with van der Waals surface area (Å²) in [6.45, 7) is -0.478. The van der Waals surface area contributed by atoms with Crippen molar-refractivity contribution in [2.45, 2.75) is 4.21 Å². The van der Waals surface area contributed by atoms with Crippen molar-refractivity contribution in [3.05, 3.63) is 14.3 Å². The van der Waals surface area contributed by atoms with Crippen molar-refractivity contribution in [3.8, 4) is 0 Å². The average Bonchev–Trinajstić information content (AvgIpc) is 2.72. The minimum Gasteiger partial charge on any atom is -0.275 e. The third kappa shape index (κ3) is 2.26. The Kier molecular flexibility index (Phi) is 3.31. The Labute approximate surface area is 117 Å². The summed E-state index contributed by atoms with van der Waals surface area (Å²) >= 11 is 7.28. The highest BCUT2D eigenvalue weighted by molar-refractivity contribution is 9.13. The molecule has 1 fully saturated rings. The van der Waals surface area contributed by atoms with Crippen molar-refractivity contribution >= 4 is 65.2 Å². The first-order chi connectivity index (χ1) is 7.82. The quantitative estimate of drug-likeness (QED) is 0.758. The highest BCUT2D eigenvalue weighted by atomic mass is 79.9. The number of urea groups is 1. The van der Waals surface area contributed by atoms with Crippen LogP contribution in [-0.4, -0.2) is 31.2 Å². The van der Waals surface area contributed by atoms with Crippen LogP contribution in [0.1, 0.15) is 0 Å². The molecule has 1 aliphatic heterocycles. The molecule has 0 spiro atoms. The van der Waals surface area contributed by atoms with Gasteiger partial charge in [-0.15, -0.1) is 11.3 Å². The lowest BCUT2D eigenvalue weighted by molar-refractivity contribution is -0.118. The minimum atomic E-state index is -3.96. The monoisotopic (exact) mass is 402 g/mol. The molecule has 1 saturated heterocycles. The van der Waals surface area contributed by atoms with Crippen LogP contribution in [0.15, 0.2) is 18.5 Å². The predicted octanol–water partition coefficient (Wildman–Crippen LogP) is 1.51. The summed E-state index contributed by atoms with van der Waals surface area (Å²) in [5, 5.41) is 1.91. The van der Waals surface area contributed by atoms with Crippen LogP contribution >= 0.6 is 43.2 Å². The summed E-state index contributed by atoms with van der Waals surface area (Å²) in [4.78, 5) is 22.3. The van der Waals surface area contributed by atoms with Crippen molar-refractivity contribution in [3.63, 3.8) is 0 Å². The smallest absolute Gasteiger partial charge is 0.275 e. The number of sulfonamides is 1. The molecular formula is C7H4Br2N2O4S2. The van der Waals surface area contributed by atoms with Crippen molar-refractivity contribution in [1.29, 1.82) is 0 Å². The van der Waals surface area contributed by atoms with Crippen LogP contribution in [0.2, 0.25) is 0 Å². The summed E-state index contributed by atoms with van der Waals surface area (Å²) < 4.78 is 25.8. The van der Waals surface area contributed by atoms with Crippen LogP contribution in [0.3, 0.4) is 0 Å². The van der Waals surface area contributed by atoms with Crippen LogP contribution in [0.25, 0.3) is 0 Å². The zero-order valence-corrected chi connectivity index (χ0v) is 12.7. The minimum absolute atomic E-state index is 0.0129. The number of carbonyl (C=O) groups excluding carboxylic acids is 2. The first kappa shape index (κ1) is 13.0. The second-order valence-electron chi connectivity index (χ2n) is 3.05. The first-order valence-corrected chi connectivity index (χ1v) is 7.98. The third-order valence-corrected chi connectivity index (χ3v) is 7.36. The SMILES string of the molecule is O=C1CN(S(=O)(=O)c2cc(Br)c(Br)s2)C(=O)N1. The molecule has 1 aliphatic rings. The highest BCUT2D eigenvalue weighted by Gasteiger charge is 2.38. The number of rotatable bonds is 2. The van der Waals surface area contributed by atoms with E-state index in [0.717, 1.165) is 11.3 Å². The molecule has 1 aromatic heterocycles. The molecular weight excluding hydrogens is 400 g/mol. The summed E-state index contributed by atoms with van der Waals surface area (Å²) in [6, 6.07) is 0.454. The van der Waals surface area contributed by atoms with Crippen LogP contribution in [0.4, 0.5) is 4.79 Å². The van der Waals surface area contributed by atoms with Crippen molar-refractivity contribution < 1.29 is 18.0 Å². The van der Waals surface area contributed by atoms with Gasteiger partial charge in [-0.25, -0.2) is 17.5 Å². The molecule has 0 radical (unpaired) electrons. The fourth-order valence-corrected chi connectivity index (χ4v) is 5.40. The molecule has 17 heavy (non-hydrogen) atoms. The first-order valence-electron chi connectivity index (χ1n) is 4.14. The van der Waals surface area contributed by atoms with Gasteiger partial charge in [0, 0.05) is 4.47 Å². The molecule has 0 bridgehead atoms. The third-order valence-electron chi connectivity index (χ3n) is 1.93. The lowest BCUT2D eigenvalue weighted by Gasteiger charge is -2.11. The summed E-state index contributed by atoms with van der Waals surface area (Å²) in [5.41, 5.74) is 0. The molecule has 0 aromatic carbocycles. The Morgan fingerprint density at radius 3 is 2.41 bits per heavy atom. The summed E-state index contributed by atoms with van der Waals surface area (Å²) in [5.74, 6) is -0.631. The second-order valence-corrected chi connectivity index (χ2v) is 8.37. The van der Waals surface area contributed by atoms with E-state index in [1.165, 1.54) is 6.07 Å². The largest absolute Gasteiger partial charge is 0.338 e. The molecule has 3 amide bonds. The van der Waals surface area contributed by atoms with Crippen LogP contribution in [0.5, 0.6) is 0 Å². The van der Waals surface area contributed by atoms with E-state index >= 15 is 0 Å². The standard InChI is InChI=1S/C7H4Br2N2O4S2/c8-3-1-5(16-6(3)9)17(14,15)11-2-4(12)10-7(11)13/h1H,2H2,(H,10,12,13). The molecule has 10 heteroatoms. The number of halogens is 2. The average molecular weight is 404 g/mol. The number of amides is 3. The van der Waals surface area contributed by atoms with E-state index in [2.05, 4.69) is 31.9 Å². The number of imide groups is 1. The van der Waals surface area contributed by atoms with Gasteiger partial charge in [-0.05, 0) is 37.9 Å². The molecule has 6 nitrogen and oxygen atoms in total. The molecule has 1 aromatic rings. The van der Waals surface area contributed by atoms with E-state index in [0.29, 0.717) is 12.6 Å². The number of thiophene rings is 1. The van der Waals surface area contributed by atoms with E-state index < -0.39 is 28.5 Å². The maximum atomic E-state index is 12.0. The Balaban J connectivity index is 2.43. The van der Waals surface area contributed by atoms with Gasteiger partial charge in [0.25, 0.3) is 10.0 Å². The zero-order chi connectivity index (χ0) is 12.8. The zero-order valence-electron chi connectivity index (χ0n) is 7.94. The number of hydrogen-bond acceptors (Lipinski definition) is 5. The fourth-order valence-electron chi connectivity index (χ4n) is 1.18. The Hall–Kier alpha value is -0.450. The highest BCUT2D eigenvalue weighted by Crippen LogP contribution is 2.36.